The Balaban J connectivity index is 1.96. The van der Waals surface area contributed by atoms with E-state index in [0.717, 1.165) is 18.5 Å². The van der Waals surface area contributed by atoms with Gasteiger partial charge in [-0.25, -0.2) is 0 Å². The fourth-order valence-corrected chi connectivity index (χ4v) is 2.20. The summed E-state index contributed by atoms with van der Waals surface area (Å²) in [7, 11) is -4.05. The molecule has 1 fully saturated rings. The molecule has 16 heavy (non-hydrogen) atoms. The van der Waals surface area contributed by atoms with Gasteiger partial charge in [0, 0.05) is 6.54 Å². The maximum Gasteiger partial charge on any atom is 0.294 e. The molecule has 5 heteroatoms. The molecule has 1 saturated heterocycles. The van der Waals surface area contributed by atoms with E-state index in [0.29, 0.717) is 0 Å². The highest BCUT2D eigenvalue weighted by Gasteiger charge is 2.13. The van der Waals surface area contributed by atoms with Gasteiger partial charge < -0.3 is 4.90 Å². The van der Waals surface area contributed by atoms with E-state index in [1.54, 1.807) is 12.1 Å². The van der Waals surface area contributed by atoms with Crippen LogP contribution < -0.4 is 0 Å². The van der Waals surface area contributed by atoms with E-state index in [2.05, 4.69) is 4.90 Å². The van der Waals surface area contributed by atoms with E-state index < -0.39 is 10.1 Å². The van der Waals surface area contributed by atoms with Crippen molar-refractivity contribution in [3.63, 3.8) is 0 Å². The number of hydrogen-bond acceptors (Lipinski definition) is 3. The Hall–Kier alpha value is -0.910. The molecule has 0 aromatic heterocycles. The first-order valence-electron chi connectivity index (χ1n) is 5.34. The largest absolute Gasteiger partial charge is 0.303 e. The molecule has 0 spiro atoms. The summed E-state index contributed by atoms with van der Waals surface area (Å²) in [5, 5.41) is 0. The third kappa shape index (κ3) is 2.81. The normalized spacial score (nSPS) is 17.1. The van der Waals surface area contributed by atoms with Gasteiger partial charge in [-0.1, -0.05) is 12.1 Å². The van der Waals surface area contributed by atoms with Gasteiger partial charge in [0.2, 0.25) is 0 Å². The minimum Gasteiger partial charge on any atom is -0.303 e. The van der Waals surface area contributed by atoms with Crippen LogP contribution in [-0.2, 0) is 16.5 Å². The van der Waals surface area contributed by atoms with Crippen molar-refractivity contribution in [1.29, 1.82) is 0 Å². The minimum absolute atomic E-state index is 0.0415. The van der Waals surface area contributed by atoms with Crippen LogP contribution in [0.5, 0.6) is 0 Å². The monoisotopic (exact) mass is 241 g/mol. The summed E-state index contributed by atoms with van der Waals surface area (Å²) in [4.78, 5) is 2.32. The van der Waals surface area contributed by atoms with Crippen molar-refractivity contribution < 1.29 is 13.0 Å². The second-order valence-electron chi connectivity index (χ2n) is 4.06. The van der Waals surface area contributed by atoms with Gasteiger partial charge in [-0.05, 0) is 43.6 Å². The number of rotatable bonds is 4. The standard InChI is InChI=1S/C11H15NO3S/c13-16(14,15)11-4-2-10(3-5-11)6-9-12-7-1-8-12/h2-5H,1,6-9H2,(H,13,14,15). The lowest BCUT2D eigenvalue weighted by Crippen LogP contribution is -2.38. The van der Waals surface area contributed by atoms with Crippen molar-refractivity contribution in [2.75, 3.05) is 19.6 Å². The molecule has 0 amide bonds. The summed E-state index contributed by atoms with van der Waals surface area (Å²) >= 11 is 0. The van der Waals surface area contributed by atoms with Crippen molar-refractivity contribution >= 4 is 10.1 Å². The van der Waals surface area contributed by atoms with Crippen LogP contribution in [0, 0.1) is 0 Å². The lowest BCUT2D eigenvalue weighted by atomic mass is 10.1. The molecule has 0 radical (unpaired) electrons. The van der Waals surface area contributed by atoms with Gasteiger partial charge in [0.1, 0.15) is 0 Å². The lowest BCUT2D eigenvalue weighted by Gasteiger charge is -2.30. The van der Waals surface area contributed by atoms with E-state index in [1.807, 2.05) is 0 Å². The Morgan fingerprint density at radius 2 is 1.81 bits per heavy atom. The molecule has 1 heterocycles. The van der Waals surface area contributed by atoms with Crippen LogP contribution in [-0.4, -0.2) is 37.5 Å². The first kappa shape index (κ1) is 11.6. The highest BCUT2D eigenvalue weighted by Crippen LogP contribution is 2.12. The molecule has 0 saturated carbocycles. The minimum atomic E-state index is -4.05. The average molecular weight is 241 g/mol. The highest BCUT2D eigenvalue weighted by molar-refractivity contribution is 7.85. The summed E-state index contributed by atoms with van der Waals surface area (Å²) < 4.78 is 30.4. The topological polar surface area (TPSA) is 57.6 Å². The van der Waals surface area contributed by atoms with Crippen LogP contribution in [0.4, 0.5) is 0 Å². The van der Waals surface area contributed by atoms with Crippen molar-refractivity contribution in [3.8, 4) is 0 Å². The van der Waals surface area contributed by atoms with Gasteiger partial charge >= 0.3 is 0 Å². The van der Waals surface area contributed by atoms with E-state index >= 15 is 0 Å². The predicted molar refractivity (Wildman–Crippen MR) is 61.0 cm³/mol. The fourth-order valence-electron chi connectivity index (χ4n) is 1.72. The van der Waals surface area contributed by atoms with Gasteiger partial charge in [-0.2, -0.15) is 8.42 Å². The summed E-state index contributed by atoms with van der Waals surface area (Å²) in [5.74, 6) is 0. The Morgan fingerprint density at radius 1 is 1.19 bits per heavy atom. The third-order valence-corrected chi connectivity index (χ3v) is 3.75. The average Bonchev–Trinajstić information content (AvgIpc) is 2.15. The Bertz CT molecular complexity index is 449. The third-order valence-electron chi connectivity index (χ3n) is 2.89. The summed E-state index contributed by atoms with van der Waals surface area (Å²) in [6, 6.07) is 6.40. The molecule has 88 valence electrons. The van der Waals surface area contributed by atoms with Gasteiger partial charge in [0.25, 0.3) is 10.1 Å². The van der Waals surface area contributed by atoms with Gasteiger partial charge in [0.05, 0.1) is 4.90 Å². The van der Waals surface area contributed by atoms with Gasteiger partial charge in [-0.15, -0.1) is 0 Å². The van der Waals surface area contributed by atoms with E-state index in [4.69, 9.17) is 4.55 Å². The van der Waals surface area contributed by atoms with Crippen LogP contribution in [0.15, 0.2) is 29.2 Å². The van der Waals surface area contributed by atoms with Crippen LogP contribution in [0.2, 0.25) is 0 Å². The number of benzene rings is 1. The first-order valence-corrected chi connectivity index (χ1v) is 6.78. The molecule has 4 nitrogen and oxygen atoms in total. The molecule has 0 aliphatic carbocycles. The van der Waals surface area contributed by atoms with Crippen LogP contribution in [0.25, 0.3) is 0 Å². The molecular formula is C11H15NO3S. The molecular weight excluding hydrogens is 226 g/mol. The molecule has 0 unspecified atom stereocenters. The van der Waals surface area contributed by atoms with E-state index in [-0.39, 0.29) is 4.90 Å². The quantitative estimate of drug-likeness (QED) is 0.804. The van der Waals surface area contributed by atoms with E-state index in [1.165, 1.54) is 31.6 Å². The van der Waals surface area contributed by atoms with Gasteiger partial charge in [-0.3, -0.25) is 4.55 Å². The maximum absolute atomic E-state index is 10.8. The zero-order valence-corrected chi connectivity index (χ0v) is 9.78. The Kier molecular flexibility index (Phi) is 3.28. The molecule has 0 atom stereocenters. The summed E-state index contributed by atoms with van der Waals surface area (Å²) in [6.45, 7) is 3.36. The highest BCUT2D eigenvalue weighted by atomic mass is 32.2. The van der Waals surface area contributed by atoms with Gasteiger partial charge in [0.15, 0.2) is 0 Å². The molecule has 1 aliphatic heterocycles. The molecule has 1 aliphatic rings. The fraction of sp³-hybridized carbons (Fsp3) is 0.455. The smallest absolute Gasteiger partial charge is 0.294 e. The Labute approximate surface area is 95.6 Å². The second-order valence-corrected chi connectivity index (χ2v) is 5.49. The Morgan fingerprint density at radius 3 is 2.25 bits per heavy atom. The van der Waals surface area contributed by atoms with Crippen molar-refractivity contribution in [2.45, 2.75) is 17.7 Å². The number of likely N-dealkylation sites (tertiary alicyclic amines) is 1. The molecule has 1 aromatic carbocycles. The van der Waals surface area contributed by atoms with Crippen LogP contribution in [0.3, 0.4) is 0 Å². The number of hydrogen-bond donors (Lipinski definition) is 1. The summed E-state index contributed by atoms with van der Waals surface area (Å²) in [6.07, 6.45) is 2.20. The predicted octanol–water partition coefficient (Wildman–Crippen LogP) is 1.18. The van der Waals surface area contributed by atoms with Crippen molar-refractivity contribution in [3.05, 3.63) is 29.8 Å². The van der Waals surface area contributed by atoms with Crippen LogP contribution >= 0.6 is 0 Å². The molecule has 2 rings (SSSR count). The first-order chi connectivity index (χ1) is 7.55. The number of nitrogens with zero attached hydrogens (tertiary/aromatic N) is 1. The van der Waals surface area contributed by atoms with E-state index in [9.17, 15) is 8.42 Å². The van der Waals surface area contributed by atoms with Crippen molar-refractivity contribution in [1.82, 2.24) is 4.90 Å². The summed E-state index contributed by atoms with van der Waals surface area (Å²) in [5.41, 5.74) is 1.10. The molecule has 0 bridgehead atoms. The second kappa shape index (κ2) is 4.53. The zero-order valence-electron chi connectivity index (χ0n) is 8.96. The SMILES string of the molecule is O=S(=O)(O)c1ccc(CCN2CCC2)cc1. The molecule has 1 aromatic rings. The molecule has 1 N–H and O–H groups in total. The zero-order chi connectivity index (χ0) is 11.6. The van der Waals surface area contributed by atoms with Crippen molar-refractivity contribution in [2.24, 2.45) is 0 Å². The van der Waals surface area contributed by atoms with Crippen LogP contribution in [0.1, 0.15) is 12.0 Å². The lowest BCUT2D eigenvalue weighted by molar-refractivity contribution is 0.184. The maximum atomic E-state index is 10.8.